The monoisotopic (exact) mass is 548 g/mol. The van der Waals surface area contributed by atoms with Gasteiger partial charge in [-0.3, -0.25) is 0 Å². The molecular weight excluding hydrogens is 527 g/mol. The number of benzene rings is 3. The summed E-state index contributed by atoms with van der Waals surface area (Å²) in [6.07, 6.45) is -17.1. The van der Waals surface area contributed by atoms with E-state index >= 15 is 0 Å². The van der Waals surface area contributed by atoms with Crippen molar-refractivity contribution >= 4 is 11.4 Å². The van der Waals surface area contributed by atoms with E-state index < -0.39 is 48.3 Å². The van der Waals surface area contributed by atoms with Gasteiger partial charge in [0, 0.05) is 13.1 Å². The number of rotatable bonds is 5. The third kappa shape index (κ3) is 6.01. The van der Waals surface area contributed by atoms with E-state index in [0.29, 0.717) is 5.69 Å². The molecule has 1 heterocycles. The Kier molecular flexibility index (Phi) is 7.30. The number of hydrogen-bond acceptors (Lipinski definition) is 3. The lowest BCUT2D eigenvalue weighted by atomic mass is 9.96. The first-order valence-electron chi connectivity index (χ1n) is 11.3. The van der Waals surface area contributed by atoms with Gasteiger partial charge in [0.05, 0.1) is 35.1 Å². The molecule has 0 radical (unpaired) electrons. The highest BCUT2D eigenvalue weighted by Gasteiger charge is 2.43. The van der Waals surface area contributed by atoms with Gasteiger partial charge in [-0.1, -0.05) is 36.4 Å². The van der Waals surface area contributed by atoms with Gasteiger partial charge in [-0.2, -0.15) is 39.5 Å². The number of fused-ring (bicyclic) bond motifs is 1. The number of halogens is 9. The predicted octanol–water partition coefficient (Wildman–Crippen LogP) is 7.22. The van der Waals surface area contributed by atoms with Gasteiger partial charge in [0.2, 0.25) is 0 Å². The van der Waals surface area contributed by atoms with Crippen molar-refractivity contribution in [2.75, 3.05) is 22.9 Å². The maximum absolute atomic E-state index is 13.4. The number of nitrogens with zero attached hydrogens (tertiary/aromatic N) is 2. The summed E-state index contributed by atoms with van der Waals surface area (Å²) in [5.41, 5.74) is -1.04. The SMILES string of the molecule is OC(CN1c2ccccc2N(Cc2cccc(C(F)(F)F)c2)CC1c1cccc(C(F)(F)F)c1)C(F)(F)F. The third-order valence-corrected chi connectivity index (χ3v) is 6.28. The first-order valence-corrected chi connectivity index (χ1v) is 11.3. The van der Waals surface area contributed by atoms with Crippen LogP contribution < -0.4 is 9.80 Å². The minimum atomic E-state index is -4.98. The zero-order chi connectivity index (χ0) is 27.9. The van der Waals surface area contributed by atoms with Gasteiger partial charge in [-0.25, -0.2) is 0 Å². The number of aliphatic hydroxyl groups is 1. The van der Waals surface area contributed by atoms with Gasteiger partial charge in [-0.05, 0) is 47.5 Å². The van der Waals surface area contributed by atoms with E-state index in [-0.39, 0.29) is 29.9 Å². The van der Waals surface area contributed by atoms with Crippen molar-refractivity contribution in [3.63, 3.8) is 0 Å². The van der Waals surface area contributed by atoms with Crippen LogP contribution in [-0.2, 0) is 18.9 Å². The van der Waals surface area contributed by atoms with Crippen LogP contribution >= 0.6 is 0 Å². The Balaban J connectivity index is 1.79. The molecule has 0 saturated carbocycles. The Bertz CT molecular complexity index is 1270. The molecule has 0 saturated heterocycles. The molecule has 1 aliphatic heterocycles. The molecule has 1 N–H and O–H groups in total. The quantitative estimate of drug-likeness (QED) is 0.341. The van der Waals surface area contributed by atoms with E-state index in [2.05, 4.69) is 0 Å². The van der Waals surface area contributed by atoms with Crippen LogP contribution in [0.3, 0.4) is 0 Å². The van der Waals surface area contributed by atoms with E-state index in [1.807, 2.05) is 0 Å². The molecule has 0 spiro atoms. The summed E-state index contributed by atoms with van der Waals surface area (Å²) in [5, 5.41) is 9.85. The summed E-state index contributed by atoms with van der Waals surface area (Å²) in [4.78, 5) is 2.79. The molecule has 0 aliphatic carbocycles. The summed E-state index contributed by atoms with van der Waals surface area (Å²) in [7, 11) is 0. The normalized spacial score (nSPS) is 17.4. The molecule has 3 nitrogen and oxygen atoms in total. The second-order valence-electron chi connectivity index (χ2n) is 8.92. The molecule has 0 bridgehead atoms. The fourth-order valence-corrected chi connectivity index (χ4v) is 4.49. The molecule has 3 aromatic carbocycles. The van der Waals surface area contributed by atoms with Crippen LogP contribution in [0.15, 0.2) is 72.8 Å². The van der Waals surface area contributed by atoms with E-state index in [4.69, 9.17) is 0 Å². The summed E-state index contributed by atoms with van der Waals surface area (Å²) < 4.78 is 120. The fraction of sp³-hybridized carbons (Fsp3) is 0.308. The minimum absolute atomic E-state index is 0.0396. The zero-order valence-corrected chi connectivity index (χ0v) is 19.4. The molecule has 3 aromatic rings. The number of para-hydroxylation sites is 2. The zero-order valence-electron chi connectivity index (χ0n) is 19.4. The van der Waals surface area contributed by atoms with Crippen LogP contribution in [0, 0.1) is 0 Å². The maximum Gasteiger partial charge on any atom is 0.416 e. The molecular formula is C26H21F9N2O. The summed E-state index contributed by atoms with van der Waals surface area (Å²) in [5.74, 6) is 0. The Morgan fingerprint density at radius 3 is 1.92 bits per heavy atom. The Morgan fingerprint density at radius 1 is 0.737 bits per heavy atom. The molecule has 12 heteroatoms. The van der Waals surface area contributed by atoms with Crippen LogP contribution in [0.5, 0.6) is 0 Å². The average Bonchev–Trinajstić information content (AvgIpc) is 2.84. The van der Waals surface area contributed by atoms with Crippen molar-refractivity contribution < 1.29 is 44.6 Å². The number of anilines is 2. The second kappa shape index (κ2) is 10.0. The van der Waals surface area contributed by atoms with Gasteiger partial charge in [0.25, 0.3) is 0 Å². The van der Waals surface area contributed by atoms with Crippen LogP contribution in [0.1, 0.15) is 28.3 Å². The van der Waals surface area contributed by atoms with Crippen molar-refractivity contribution in [1.29, 1.82) is 0 Å². The second-order valence-corrected chi connectivity index (χ2v) is 8.92. The predicted molar refractivity (Wildman–Crippen MR) is 123 cm³/mol. The van der Waals surface area contributed by atoms with Gasteiger partial charge in [0.15, 0.2) is 6.10 Å². The third-order valence-electron chi connectivity index (χ3n) is 6.28. The van der Waals surface area contributed by atoms with Crippen LogP contribution in [0.2, 0.25) is 0 Å². The lowest BCUT2D eigenvalue weighted by molar-refractivity contribution is -0.200. The summed E-state index contributed by atoms with van der Waals surface area (Å²) in [6.45, 7) is -1.20. The van der Waals surface area contributed by atoms with Gasteiger partial charge >= 0.3 is 18.5 Å². The van der Waals surface area contributed by atoms with Crippen LogP contribution in [-0.4, -0.2) is 30.5 Å². The molecule has 2 unspecified atom stereocenters. The molecule has 0 amide bonds. The van der Waals surface area contributed by atoms with Gasteiger partial charge < -0.3 is 14.9 Å². The van der Waals surface area contributed by atoms with Crippen LogP contribution in [0.4, 0.5) is 50.9 Å². The highest BCUT2D eigenvalue weighted by molar-refractivity contribution is 5.75. The smallest absolute Gasteiger partial charge is 0.382 e. The van der Waals surface area contributed by atoms with Crippen molar-refractivity contribution in [2.24, 2.45) is 0 Å². The van der Waals surface area contributed by atoms with Crippen molar-refractivity contribution in [3.05, 3.63) is 95.1 Å². The van der Waals surface area contributed by atoms with Crippen molar-refractivity contribution in [2.45, 2.75) is 37.2 Å². The van der Waals surface area contributed by atoms with Crippen LogP contribution in [0.25, 0.3) is 0 Å². The van der Waals surface area contributed by atoms with E-state index in [1.54, 1.807) is 17.0 Å². The van der Waals surface area contributed by atoms with Crippen molar-refractivity contribution in [1.82, 2.24) is 0 Å². The van der Waals surface area contributed by atoms with E-state index in [1.165, 1.54) is 35.2 Å². The van der Waals surface area contributed by atoms with E-state index in [0.717, 1.165) is 30.3 Å². The molecule has 38 heavy (non-hydrogen) atoms. The minimum Gasteiger partial charge on any atom is -0.382 e. The van der Waals surface area contributed by atoms with Crippen molar-refractivity contribution in [3.8, 4) is 0 Å². The summed E-state index contributed by atoms with van der Waals surface area (Å²) in [6, 6.07) is 13.7. The number of β-amino-alcohol motifs (C(OH)–C–C–N with tert-alkyl or cyclic N) is 1. The standard InChI is InChI=1S/C26H21F9N2O/c27-24(28,29)18-7-3-5-16(11-18)13-36-14-22(17-6-4-8-19(12-17)25(30,31)32)37(15-23(38)26(33,34)35)21-10-2-1-9-20(21)36/h1-12,22-23,38H,13-15H2. The number of aliphatic hydroxyl groups excluding tert-OH is 1. The van der Waals surface area contributed by atoms with E-state index in [9.17, 15) is 44.6 Å². The highest BCUT2D eigenvalue weighted by atomic mass is 19.4. The average molecular weight is 548 g/mol. The first kappa shape index (κ1) is 27.6. The molecule has 1 aliphatic rings. The number of hydrogen-bond donors (Lipinski definition) is 1. The molecule has 0 fully saturated rings. The topological polar surface area (TPSA) is 26.7 Å². The lowest BCUT2D eigenvalue weighted by Gasteiger charge is -2.46. The molecule has 2 atom stereocenters. The first-order chi connectivity index (χ1) is 17.6. The molecule has 4 rings (SSSR count). The highest BCUT2D eigenvalue weighted by Crippen LogP contribution is 2.43. The lowest BCUT2D eigenvalue weighted by Crippen LogP contribution is -2.49. The largest absolute Gasteiger partial charge is 0.416 e. The van der Waals surface area contributed by atoms with Gasteiger partial charge in [-0.15, -0.1) is 0 Å². The number of alkyl halides is 9. The Labute approximate surface area is 211 Å². The fourth-order valence-electron chi connectivity index (χ4n) is 4.49. The molecule has 204 valence electrons. The Hall–Kier alpha value is -3.41. The maximum atomic E-state index is 13.4. The summed E-state index contributed by atoms with van der Waals surface area (Å²) >= 11 is 0. The molecule has 0 aromatic heterocycles. The Morgan fingerprint density at radius 2 is 1.32 bits per heavy atom. The van der Waals surface area contributed by atoms with Gasteiger partial charge in [0.1, 0.15) is 0 Å².